The first-order valence-electron chi connectivity index (χ1n) is 10.4. The SMILES string of the molecule is CCC(=O)N(c1ccccc1)[C@@H]1C[C@H](C)N(C(=O)c2ccsc2C)c2ccccc21. The van der Waals surface area contributed by atoms with Crippen LogP contribution in [0, 0.1) is 6.92 Å². The Morgan fingerprint density at radius 2 is 1.77 bits per heavy atom. The van der Waals surface area contributed by atoms with Crippen LogP contribution in [-0.2, 0) is 4.79 Å². The Hall–Kier alpha value is -2.92. The summed E-state index contributed by atoms with van der Waals surface area (Å²) in [4.78, 5) is 31.3. The Morgan fingerprint density at radius 1 is 1.07 bits per heavy atom. The van der Waals surface area contributed by atoms with Gasteiger partial charge in [0.05, 0.1) is 11.6 Å². The number of hydrogen-bond donors (Lipinski definition) is 0. The van der Waals surface area contributed by atoms with Gasteiger partial charge in [0.2, 0.25) is 5.91 Å². The second kappa shape index (κ2) is 8.44. The summed E-state index contributed by atoms with van der Waals surface area (Å²) in [7, 11) is 0. The molecule has 2 atom stereocenters. The molecule has 3 aromatic rings. The van der Waals surface area contributed by atoms with Crippen molar-refractivity contribution in [2.24, 2.45) is 0 Å². The second-order valence-corrected chi connectivity index (χ2v) is 8.80. The fraction of sp³-hybridized carbons (Fsp3) is 0.280. The highest BCUT2D eigenvalue weighted by molar-refractivity contribution is 7.10. The predicted molar refractivity (Wildman–Crippen MR) is 123 cm³/mol. The molecule has 0 saturated heterocycles. The molecule has 1 aromatic heterocycles. The fourth-order valence-electron chi connectivity index (χ4n) is 4.33. The first-order valence-corrected chi connectivity index (χ1v) is 11.2. The molecule has 0 bridgehead atoms. The molecule has 30 heavy (non-hydrogen) atoms. The molecule has 0 aliphatic carbocycles. The van der Waals surface area contributed by atoms with Crippen LogP contribution in [0.5, 0.6) is 0 Å². The number of hydrogen-bond acceptors (Lipinski definition) is 3. The molecule has 4 nitrogen and oxygen atoms in total. The maximum Gasteiger partial charge on any atom is 0.259 e. The monoisotopic (exact) mass is 418 g/mol. The number of aryl methyl sites for hydroxylation is 1. The number of amides is 2. The average molecular weight is 419 g/mol. The van der Waals surface area contributed by atoms with Gasteiger partial charge in [-0.15, -0.1) is 11.3 Å². The van der Waals surface area contributed by atoms with Crippen molar-refractivity contribution in [2.45, 2.75) is 45.7 Å². The minimum absolute atomic E-state index is 0.0280. The van der Waals surface area contributed by atoms with Gasteiger partial charge in [0, 0.05) is 28.7 Å². The number of benzene rings is 2. The molecular formula is C25H26N2O2S. The van der Waals surface area contributed by atoms with Crippen molar-refractivity contribution in [3.63, 3.8) is 0 Å². The third kappa shape index (κ3) is 3.54. The third-order valence-corrected chi connectivity index (χ3v) is 6.63. The van der Waals surface area contributed by atoms with Crippen molar-refractivity contribution in [2.75, 3.05) is 9.80 Å². The zero-order valence-electron chi connectivity index (χ0n) is 17.5. The van der Waals surface area contributed by atoms with E-state index in [4.69, 9.17) is 0 Å². The lowest BCUT2D eigenvalue weighted by Gasteiger charge is -2.43. The number of fused-ring (bicyclic) bond motifs is 1. The van der Waals surface area contributed by atoms with Crippen LogP contribution in [0.1, 0.15) is 53.5 Å². The van der Waals surface area contributed by atoms with Gasteiger partial charge in [0.15, 0.2) is 0 Å². The number of nitrogens with zero attached hydrogens (tertiary/aromatic N) is 2. The van der Waals surface area contributed by atoms with Gasteiger partial charge in [-0.2, -0.15) is 0 Å². The molecule has 1 aliphatic rings. The van der Waals surface area contributed by atoms with E-state index in [0.717, 1.165) is 27.4 Å². The zero-order valence-corrected chi connectivity index (χ0v) is 18.4. The first kappa shape index (κ1) is 20.4. The van der Waals surface area contributed by atoms with Crippen LogP contribution in [0.25, 0.3) is 0 Å². The van der Waals surface area contributed by atoms with Gasteiger partial charge >= 0.3 is 0 Å². The van der Waals surface area contributed by atoms with E-state index in [2.05, 4.69) is 6.92 Å². The lowest BCUT2D eigenvalue weighted by molar-refractivity contribution is -0.118. The van der Waals surface area contributed by atoms with Gasteiger partial charge in [-0.05, 0) is 55.5 Å². The summed E-state index contributed by atoms with van der Waals surface area (Å²) in [5.74, 6) is 0.113. The summed E-state index contributed by atoms with van der Waals surface area (Å²) in [6.07, 6.45) is 1.12. The van der Waals surface area contributed by atoms with E-state index < -0.39 is 0 Å². The number of carbonyl (C=O) groups excluding carboxylic acids is 2. The summed E-state index contributed by atoms with van der Waals surface area (Å²) in [5.41, 5.74) is 3.55. The Kier molecular flexibility index (Phi) is 5.73. The lowest BCUT2D eigenvalue weighted by atomic mass is 9.89. The number of thiophene rings is 1. The smallest absolute Gasteiger partial charge is 0.259 e. The van der Waals surface area contributed by atoms with Gasteiger partial charge in [-0.3, -0.25) is 9.59 Å². The topological polar surface area (TPSA) is 40.6 Å². The van der Waals surface area contributed by atoms with Gasteiger partial charge in [0.25, 0.3) is 5.91 Å². The number of carbonyl (C=O) groups is 2. The highest BCUT2D eigenvalue weighted by Crippen LogP contribution is 2.43. The van der Waals surface area contributed by atoms with Crippen LogP contribution >= 0.6 is 11.3 Å². The third-order valence-electron chi connectivity index (χ3n) is 5.79. The van der Waals surface area contributed by atoms with E-state index in [1.54, 1.807) is 11.3 Å². The molecule has 2 aromatic carbocycles. The van der Waals surface area contributed by atoms with Crippen LogP contribution in [0.2, 0.25) is 0 Å². The molecule has 2 amide bonds. The minimum Gasteiger partial charge on any atom is -0.305 e. The second-order valence-electron chi connectivity index (χ2n) is 7.68. The molecule has 0 unspecified atom stereocenters. The Labute approximate surface area is 181 Å². The molecule has 5 heteroatoms. The normalized spacial score (nSPS) is 18.0. The molecule has 154 valence electrons. The summed E-state index contributed by atoms with van der Waals surface area (Å²) in [5, 5.41) is 1.96. The molecule has 2 heterocycles. The summed E-state index contributed by atoms with van der Waals surface area (Å²) in [6, 6.07) is 19.6. The van der Waals surface area contributed by atoms with E-state index in [0.29, 0.717) is 12.8 Å². The standard InChI is InChI=1S/C25H26N2O2S/c1-4-24(28)27(19-10-6-5-7-11-19)23-16-17(2)26(22-13-9-8-12-21(22)23)25(29)20-14-15-30-18(20)3/h5-15,17,23H,4,16H2,1-3H3/t17-,23+/m0/s1. The highest BCUT2D eigenvalue weighted by atomic mass is 32.1. The van der Waals surface area contributed by atoms with Crippen molar-refractivity contribution in [3.05, 3.63) is 82.0 Å². The van der Waals surface area contributed by atoms with E-state index in [9.17, 15) is 9.59 Å². The molecular weight excluding hydrogens is 392 g/mol. The van der Waals surface area contributed by atoms with Crippen LogP contribution in [0.15, 0.2) is 66.0 Å². The van der Waals surface area contributed by atoms with E-state index in [1.807, 2.05) is 89.7 Å². The number of para-hydroxylation sites is 2. The molecule has 0 fully saturated rings. The number of anilines is 2. The van der Waals surface area contributed by atoms with Crippen molar-refractivity contribution < 1.29 is 9.59 Å². The summed E-state index contributed by atoms with van der Waals surface area (Å²) in [6.45, 7) is 5.95. The molecule has 0 radical (unpaired) electrons. The fourth-order valence-corrected chi connectivity index (χ4v) is 5.02. The number of rotatable bonds is 4. The predicted octanol–water partition coefficient (Wildman–Crippen LogP) is 5.98. The largest absolute Gasteiger partial charge is 0.305 e. The summed E-state index contributed by atoms with van der Waals surface area (Å²) < 4.78 is 0. The Balaban J connectivity index is 1.80. The summed E-state index contributed by atoms with van der Waals surface area (Å²) >= 11 is 1.59. The lowest BCUT2D eigenvalue weighted by Crippen LogP contribution is -2.47. The maximum absolute atomic E-state index is 13.4. The quantitative estimate of drug-likeness (QED) is 0.523. The highest BCUT2D eigenvalue weighted by Gasteiger charge is 2.38. The molecule has 4 rings (SSSR count). The van der Waals surface area contributed by atoms with Crippen LogP contribution < -0.4 is 9.80 Å². The Morgan fingerprint density at radius 3 is 2.43 bits per heavy atom. The van der Waals surface area contributed by atoms with Gasteiger partial charge < -0.3 is 9.80 Å². The van der Waals surface area contributed by atoms with Gasteiger partial charge in [0.1, 0.15) is 0 Å². The van der Waals surface area contributed by atoms with Gasteiger partial charge in [-0.25, -0.2) is 0 Å². The molecule has 0 N–H and O–H groups in total. The zero-order chi connectivity index (χ0) is 21.3. The maximum atomic E-state index is 13.4. The van der Waals surface area contributed by atoms with E-state index >= 15 is 0 Å². The molecule has 1 aliphatic heterocycles. The minimum atomic E-state index is -0.112. The van der Waals surface area contributed by atoms with E-state index in [-0.39, 0.29) is 23.9 Å². The average Bonchev–Trinajstić information content (AvgIpc) is 3.20. The van der Waals surface area contributed by atoms with Crippen LogP contribution in [0.4, 0.5) is 11.4 Å². The first-order chi connectivity index (χ1) is 14.5. The van der Waals surface area contributed by atoms with Crippen molar-refractivity contribution >= 4 is 34.5 Å². The van der Waals surface area contributed by atoms with Crippen molar-refractivity contribution in [3.8, 4) is 0 Å². The van der Waals surface area contributed by atoms with Crippen LogP contribution in [0.3, 0.4) is 0 Å². The Bertz CT molecular complexity index is 1060. The van der Waals surface area contributed by atoms with E-state index in [1.165, 1.54) is 0 Å². The van der Waals surface area contributed by atoms with Gasteiger partial charge in [-0.1, -0.05) is 43.3 Å². The van der Waals surface area contributed by atoms with Crippen molar-refractivity contribution in [1.82, 2.24) is 0 Å². The van der Waals surface area contributed by atoms with Crippen LogP contribution in [-0.4, -0.2) is 17.9 Å². The molecule has 0 saturated carbocycles. The van der Waals surface area contributed by atoms with Crippen molar-refractivity contribution in [1.29, 1.82) is 0 Å². The molecule has 0 spiro atoms.